The number of ether oxygens (including phenoxy) is 1. The largest absolute Gasteiger partial charge is 0.508 e. The Morgan fingerprint density at radius 2 is 1.74 bits per heavy atom. The van der Waals surface area contributed by atoms with Crippen LogP contribution in [0.2, 0.25) is 0 Å². The van der Waals surface area contributed by atoms with Crippen LogP contribution in [-0.4, -0.2) is 37.3 Å². The zero-order valence-electron chi connectivity index (χ0n) is 15.5. The molecule has 0 spiro atoms. The third-order valence-electron chi connectivity index (χ3n) is 4.09. The Labute approximate surface area is 159 Å². The number of nitrogens with one attached hydrogen (secondary N) is 1. The highest BCUT2D eigenvalue weighted by molar-refractivity contribution is 7.80. The summed E-state index contributed by atoms with van der Waals surface area (Å²) in [5.74, 6) is 0.825. The van der Waals surface area contributed by atoms with E-state index in [4.69, 9.17) is 13.5 Å². The highest BCUT2D eigenvalue weighted by Gasteiger charge is 2.25. The lowest BCUT2D eigenvalue weighted by atomic mass is 9.94. The fraction of sp³-hybridized carbons (Fsp3) is 0.368. The van der Waals surface area contributed by atoms with Gasteiger partial charge in [0.2, 0.25) is 0 Å². The zero-order valence-corrected chi connectivity index (χ0v) is 16.4. The lowest BCUT2D eigenvalue weighted by molar-refractivity contribution is 0.168. The van der Waals surface area contributed by atoms with Gasteiger partial charge in [-0.25, -0.2) is 4.18 Å². The van der Waals surface area contributed by atoms with Gasteiger partial charge in [0.1, 0.15) is 17.6 Å². The van der Waals surface area contributed by atoms with Crippen molar-refractivity contribution in [3.8, 4) is 11.5 Å². The van der Waals surface area contributed by atoms with Gasteiger partial charge in [-0.1, -0.05) is 30.3 Å². The number of aromatic hydroxyl groups is 1. The molecule has 1 unspecified atom stereocenters. The molecule has 0 aliphatic rings. The van der Waals surface area contributed by atoms with Crippen LogP contribution in [0, 0.1) is 0 Å². The number of benzene rings is 2. The molecular formula is C19H25NO6S. The Bertz CT molecular complexity index is 849. The quantitative estimate of drug-likeness (QED) is 0.561. The Balaban J connectivity index is 2.13. The molecule has 0 bridgehead atoms. The second-order valence-corrected chi connectivity index (χ2v) is 7.91. The smallest absolute Gasteiger partial charge is 0.397 e. The second kappa shape index (κ2) is 8.71. The fourth-order valence-electron chi connectivity index (χ4n) is 2.80. The van der Waals surface area contributed by atoms with E-state index in [1.165, 1.54) is 12.1 Å². The predicted octanol–water partition coefficient (Wildman–Crippen LogP) is 2.87. The van der Waals surface area contributed by atoms with E-state index in [-0.39, 0.29) is 12.3 Å². The normalized spacial score (nSPS) is 13.3. The molecule has 0 fully saturated rings. The first kappa shape index (κ1) is 21.2. The Morgan fingerprint density at radius 1 is 1.11 bits per heavy atom. The molecule has 148 valence electrons. The molecule has 1 atom stereocenters. The van der Waals surface area contributed by atoms with Crippen LogP contribution in [0.1, 0.15) is 31.1 Å². The molecule has 0 saturated carbocycles. The van der Waals surface area contributed by atoms with Crippen LogP contribution in [0.3, 0.4) is 0 Å². The number of phenols is 1. The Kier molecular flexibility index (Phi) is 6.83. The summed E-state index contributed by atoms with van der Waals surface area (Å²) >= 11 is 0. The molecule has 0 aliphatic heterocycles. The first-order chi connectivity index (χ1) is 12.6. The molecule has 0 heterocycles. The highest BCUT2D eigenvalue weighted by atomic mass is 32.3. The molecule has 0 amide bonds. The van der Waals surface area contributed by atoms with Crippen LogP contribution < -0.4 is 10.1 Å². The third-order valence-corrected chi connectivity index (χ3v) is 4.57. The van der Waals surface area contributed by atoms with Gasteiger partial charge in [-0.05, 0) is 49.6 Å². The first-order valence-corrected chi connectivity index (χ1v) is 9.78. The van der Waals surface area contributed by atoms with Crippen LogP contribution in [0.25, 0.3) is 0 Å². The summed E-state index contributed by atoms with van der Waals surface area (Å²) in [6.07, 6.45) is -0.317. The average molecular weight is 395 g/mol. The minimum Gasteiger partial charge on any atom is -0.508 e. The van der Waals surface area contributed by atoms with Crippen molar-refractivity contribution in [3.05, 3.63) is 59.7 Å². The Morgan fingerprint density at radius 3 is 2.33 bits per heavy atom. The van der Waals surface area contributed by atoms with Crippen molar-refractivity contribution in [2.75, 3.05) is 13.7 Å². The van der Waals surface area contributed by atoms with Crippen molar-refractivity contribution in [1.29, 1.82) is 0 Å². The van der Waals surface area contributed by atoms with Crippen molar-refractivity contribution in [3.63, 3.8) is 0 Å². The van der Waals surface area contributed by atoms with Gasteiger partial charge in [-0.15, -0.1) is 0 Å². The number of para-hydroxylation sites is 1. The fourth-order valence-corrected chi connectivity index (χ4v) is 3.27. The van der Waals surface area contributed by atoms with Crippen LogP contribution in [0.15, 0.2) is 48.5 Å². The van der Waals surface area contributed by atoms with Crippen LogP contribution >= 0.6 is 0 Å². The molecular weight excluding hydrogens is 370 g/mol. The number of rotatable bonds is 9. The summed E-state index contributed by atoms with van der Waals surface area (Å²) in [6, 6.07) is 13.6. The second-order valence-electron chi connectivity index (χ2n) is 6.86. The van der Waals surface area contributed by atoms with Gasteiger partial charge in [0.25, 0.3) is 0 Å². The minimum atomic E-state index is -4.64. The average Bonchev–Trinajstić information content (AvgIpc) is 2.58. The zero-order chi connectivity index (χ0) is 20.1. The third kappa shape index (κ3) is 6.84. The monoisotopic (exact) mass is 395 g/mol. The van der Waals surface area contributed by atoms with Gasteiger partial charge < -0.3 is 15.2 Å². The molecule has 0 saturated heterocycles. The van der Waals surface area contributed by atoms with Crippen LogP contribution in [0.4, 0.5) is 0 Å². The van der Waals surface area contributed by atoms with Gasteiger partial charge in [0.05, 0.1) is 7.11 Å². The number of hydrogen-bond acceptors (Lipinski definition) is 6. The van der Waals surface area contributed by atoms with E-state index < -0.39 is 22.0 Å². The van der Waals surface area contributed by atoms with E-state index >= 15 is 0 Å². The molecule has 3 N–H and O–H groups in total. The SMILES string of the molecule is COc1ccccc1CC(C)(C)NCC(OS(=O)(=O)O)c1ccc(O)cc1. The molecule has 7 nitrogen and oxygen atoms in total. The molecule has 0 radical (unpaired) electrons. The summed E-state index contributed by atoms with van der Waals surface area (Å²) in [4.78, 5) is 0. The van der Waals surface area contributed by atoms with Gasteiger partial charge >= 0.3 is 10.4 Å². The summed E-state index contributed by atoms with van der Waals surface area (Å²) < 4.78 is 41.7. The molecule has 2 rings (SSSR count). The lowest BCUT2D eigenvalue weighted by Gasteiger charge is -2.29. The van der Waals surface area contributed by atoms with Gasteiger partial charge in [0.15, 0.2) is 0 Å². The molecule has 0 aromatic heterocycles. The van der Waals surface area contributed by atoms with Crippen molar-refractivity contribution in [1.82, 2.24) is 5.32 Å². The summed E-state index contributed by atoms with van der Waals surface area (Å²) in [5, 5.41) is 12.7. The number of methoxy groups -OCH3 is 1. The number of phenolic OH excluding ortho intramolecular Hbond substituents is 1. The maximum atomic E-state index is 11.2. The molecule has 8 heteroatoms. The molecule has 27 heavy (non-hydrogen) atoms. The molecule has 0 aliphatic carbocycles. The van der Waals surface area contributed by atoms with Gasteiger partial charge in [0, 0.05) is 12.1 Å². The van der Waals surface area contributed by atoms with Crippen molar-refractivity contribution in [2.24, 2.45) is 0 Å². The Hall–Kier alpha value is -2.13. The van der Waals surface area contributed by atoms with Gasteiger partial charge in [-0.2, -0.15) is 8.42 Å². The minimum absolute atomic E-state index is 0.0498. The maximum Gasteiger partial charge on any atom is 0.397 e. The van der Waals surface area contributed by atoms with Crippen LogP contribution in [-0.2, 0) is 21.0 Å². The summed E-state index contributed by atoms with van der Waals surface area (Å²) in [6.45, 7) is 4.08. The van der Waals surface area contributed by atoms with Crippen molar-refractivity contribution in [2.45, 2.75) is 31.9 Å². The standard InChI is InChI=1S/C19H25NO6S/c1-19(2,12-15-6-4-5-7-17(15)25-3)20-13-18(26-27(22,23)24)14-8-10-16(21)11-9-14/h4-11,18,20-21H,12-13H2,1-3H3,(H,22,23,24). The van der Waals surface area contributed by atoms with E-state index in [0.717, 1.165) is 11.3 Å². The first-order valence-electron chi connectivity index (χ1n) is 8.41. The van der Waals surface area contributed by atoms with E-state index in [1.54, 1.807) is 19.2 Å². The van der Waals surface area contributed by atoms with Crippen LogP contribution in [0.5, 0.6) is 11.5 Å². The van der Waals surface area contributed by atoms with Crippen molar-refractivity contribution < 1.29 is 27.0 Å². The van der Waals surface area contributed by atoms with Crippen molar-refractivity contribution >= 4 is 10.4 Å². The van der Waals surface area contributed by atoms with E-state index in [1.807, 2.05) is 38.1 Å². The number of hydrogen-bond donors (Lipinski definition) is 3. The maximum absolute atomic E-state index is 11.2. The predicted molar refractivity (Wildman–Crippen MR) is 102 cm³/mol. The van der Waals surface area contributed by atoms with E-state index in [2.05, 4.69) is 5.32 Å². The lowest BCUT2D eigenvalue weighted by Crippen LogP contribution is -2.44. The van der Waals surface area contributed by atoms with E-state index in [9.17, 15) is 13.5 Å². The summed E-state index contributed by atoms with van der Waals surface area (Å²) in [5.41, 5.74) is 1.10. The van der Waals surface area contributed by atoms with E-state index in [0.29, 0.717) is 12.0 Å². The molecule has 2 aromatic rings. The van der Waals surface area contributed by atoms with Gasteiger partial charge in [-0.3, -0.25) is 4.55 Å². The topological polar surface area (TPSA) is 105 Å². The highest BCUT2D eigenvalue weighted by Crippen LogP contribution is 2.25. The summed E-state index contributed by atoms with van der Waals surface area (Å²) in [7, 11) is -3.03. The molecule has 2 aromatic carbocycles.